The van der Waals surface area contributed by atoms with Crippen molar-refractivity contribution in [1.82, 2.24) is 24.2 Å². The summed E-state index contributed by atoms with van der Waals surface area (Å²) in [6.45, 7) is 9.56. The molecular weight excluding hydrogens is 478 g/mol. The van der Waals surface area contributed by atoms with Crippen molar-refractivity contribution in [1.29, 1.82) is 0 Å². The highest BCUT2D eigenvalue weighted by atomic mass is 32.2. The lowest BCUT2D eigenvalue weighted by molar-refractivity contribution is 0.0951. The van der Waals surface area contributed by atoms with Gasteiger partial charge in [-0.25, -0.2) is 4.52 Å². The molecule has 0 bridgehead atoms. The average molecular weight is 514 g/mol. The molecule has 2 N–H and O–H groups in total. The van der Waals surface area contributed by atoms with E-state index in [2.05, 4.69) is 26.6 Å². The second-order valence-corrected chi connectivity index (χ2v) is 11.1. The van der Waals surface area contributed by atoms with Crippen molar-refractivity contribution in [3.8, 4) is 5.75 Å². The van der Waals surface area contributed by atoms with Gasteiger partial charge in [0.1, 0.15) is 11.5 Å². The number of carbonyl (C=O) groups excluding carboxylic acids is 1. The summed E-state index contributed by atoms with van der Waals surface area (Å²) in [4.78, 5) is 28.7. The molecule has 1 aliphatic rings. The number of amides is 1. The average Bonchev–Trinajstić information content (AvgIpc) is 3.18. The number of nitrogens with one attached hydrogen (secondary N) is 2. The number of aromatic amines is 1. The minimum Gasteiger partial charge on any atom is -0.598 e. The van der Waals surface area contributed by atoms with E-state index >= 15 is 0 Å². The number of methoxy groups -OCH3 is 1. The van der Waals surface area contributed by atoms with Gasteiger partial charge in [-0.05, 0) is 63.3 Å². The Balaban J connectivity index is 1.60. The SMILES string of the molecule is CC[S+]([O-])N1CCC([C@H](C)c2c(C)c(C(=O)NCc3c(OC)cc(C)[nH]c3=O)c3cccnn23)CC1. The van der Waals surface area contributed by atoms with Crippen LogP contribution >= 0.6 is 0 Å². The van der Waals surface area contributed by atoms with Gasteiger partial charge in [0.25, 0.3) is 11.5 Å². The van der Waals surface area contributed by atoms with Crippen molar-refractivity contribution in [3.05, 3.63) is 62.8 Å². The van der Waals surface area contributed by atoms with E-state index in [1.165, 1.54) is 7.11 Å². The van der Waals surface area contributed by atoms with Crippen LogP contribution in [0.5, 0.6) is 5.75 Å². The Kier molecular flexibility index (Phi) is 8.07. The summed E-state index contributed by atoms with van der Waals surface area (Å²) in [6.07, 6.45) is 3.63. The highest BCUT2D eigenvalue weighted by Gasteiger charge is 2.33. The number of H-pyrrole nitrogens is 1. The van der Waals surface area contributed by atoms with Gasteiger partial charge in [0, 0.05) is 48.0 Å². The number of pyridine rings is 1. The predicted octanol–water partition coefficient (Wildman–Crippen LogP) is 3.08. The van der Waals surface area contributed by atoms with Gasteiger partial charge >= 0.3 is 0 Å². The van der Waals surface area contributed by atoms with Gasteiger partial charge in [-0.2, -0.15) is 5.10 Å². The smallest absolute Gasteiger partial charge is 0.256 e. The molecule has 36 heavy (non-hydrogen) atoms. The molecule has 1 amide bonds. The van der Waals surface area contributed by atoms with Crippen molar-refractivity contribution >= 4 is 22.8 Å². The molecule has 3 aromatic heterocycles. The largest absolute Gasteiger partial charge is 0.598 e. The van der Waals surface area contributed by atoms with Crippen LogP contribution < -0.4 is 15.6 Å². The number of hydrogen-bond donors (Lipinski definition) is 2. The number of carbonyl (C=O) groups is 1. The number of aromatic nitrogens is 3. The molecule has 0 aliphatic carbocycles. The number of nitrogens with zero attached hydrogens (tertiary/aromatic N) is 3. The number of piperidine rings is 1. The molecule has 194 valence electrons. The molecule has 1 aliphatic heterocycles. The number of ether oxygens (including phenoxy) is 1. The van der Waals surface area contributed by atoms with Crippen LogP contribution in [0, 0.1) is 19.8 Å². The molecule has 4 heterocycles. The van der Waals surface area contributed by atoms with Gasteiger partial charge < -0.3 is 19.6 Å². The Morgan fingerprint density at radius 2 is 2.08 bits per heavy atom. The topological polar surface area (TPSA) is 115 Å². The molecule has 0 radical (unpaired) electrons. The molecule has 3 aromatic rings. The Hall–Kier alpha value is -2.82. The van der Waals surface area contributed by atoms with Crippen molar-refractivity contribution < 1.29 is 14.1 Å². The molecule has 2 atom stereocenters. The minimum absolute atomic E-state index is 0.0482. The van der Waals surface area contributed by atoms with Crippen LogP contribution in [0.1, 0.15) is 65.5 Å². The highest BCUT2D eigenvalue weighted by Crippen LogP contribution is 2.37. The molecule has 10 heteroatoms. The van der Waals surface area contributed by atoms with E-state index < -0.39 is 11.4 Å². The summed E-state index contributed by atoms with van der Waals surface area (Å²) in [7, 11) is 1.51. The van der Waals surface area contributed by atoms with E-state index in [0.29, 0.717) is 34.2 Å². The van der Waals surface area contributed by atoms with Crippen LogP contribution in [-0.2, 0) is 17.9 Å². The van der Waals surface area contributed by atoms with Crippen LogP contribution in [-0.4, -0.2) is 55.3 Å². The summed E-state index contributed by atoms with van der Waals surface area (Å²) in [6, 6.07) is 5.47. The molecule has 1 fully saturated rings. The second-order valence-electron chi connectivity index (χ2n) is 9.38. The van der Waals surface area contributed by atoms with Gasteiger partial charge in [-0.3, -0.25) is 9.59 Å². The van der Waals surface area contributed by atoms with Crippen LogP contribution in [0.4, 0.5) is 0 Å². The molecule has 0 saturated carbocycles. The molecule has 1 unspecified atom stereocenters. The first-order valence-corrected chi connectivity index (χ1v) is 13.7. The third kappa shape index (κ3) is 5.02. The normalized spacial score (nSPS) is 16.7. The van der Waals surface area contributed by atoms with E-state index in [-0.39, 0.29) is 23.9 Å². The standard InChI is InChI=1S/C26H35N5O4S/c1-6-36(34)30-12-9-19(10-13-30)17(3)24-18(4)23(21-8-7-11-28-31(21)24)26(33)27-15-20-22(35-5)14-16(2)29-25(20)32/h7-8,11,14,17,19H,6,9-10,12-13,15H2,1-5H3,(H,27,33)(H,29,32)/t17-,36?/m0/s1. The highest BCUT2D eigenvalue weighted by molar-refractivity contribution is 7.89. The molecule has 1 saturated heterocycles. The number of fused-ring (bicyclic) bond motifs is 1. The fourth-order valence-electron chi connectivity index (χ4n) is 5.33. The zero-order valence-corrected chi connectivity index (χ0v) is 22.4. The van der Waals surface area contributed by atoms with Gasteiger partial charge in [0.15, 0.2) is 0 Å². The zero-order chi connectivity index (χ0) is 26.0. The lowest BCUT2D eigenvalue weighted by Crippen LogP contribution is -2.40. The molecule has 0 spiro atoms. The summed E-state index contributed by atoms with van der Waals surface area (Å²) < 4.78 is 21.5. The Bertz CT molecular complexity index is 1300. The minimum atomic E-state index is -0.909. The summed E-state index contributed by atoms with van der Waals surface area (Å²) in [5.74, 6) is 1.41. The van der Waals surface area contributed by atoms with Gasteiger partial charge in [0.05, 0.1) is 30.3 Å². The van der Waals surface area contributed by atoms with Crippen molar-refractivity contribution in [3.63, 3.8) is 0 Å². The number of hydrogen-bond acceptors (Lipinski definition) is 6. The molecule has 9 nitrogen and oxygen atoms in total. The predicted molar refractivity (Wildman–Crippen MR) is 141 cm³/mol. The quantitative estimate of drug-likeness (QED) is 0.448. The van der Waals surface area contributed by atoms with Crippen LogP contribution in [0.2, 0.25) is 0 Å². The van der Waals surface area contributed by atoms with Crippen LogP contribution in [0.25, 0.3) is 5.52 Å². The molecular formula is C26H35N5O4S. The third-order valence-electron chi connectivity index (χ3n) is 7.27. The van der Waals surface area contributed by atoms with E-state index in [0.717, 1.165) is 42.7 Å². The van der Waals surface area contributed by atoms with Crippen LogP contribution in [0.3, 0.4) is 0 Å². The summed E-state index contributed by atoms with van der Waals surface area (Å²) in [5, 5.41) is 7.51. The summed E-state index contributed by atoms with van der Waals surface area (Å²) >= 11 is -0.909. The summed E-state index contributed by atoms with van der Waals surface area (Å²) in [5.41, 5.74) is 4.01. The molecule has 0 aromatic carbocycles. The van der Waals surface area contributed by atoms with Crippen molar-refractivity contribution in [2.75, 3.05) is 26.0 Å². The Morgan fingerprint density at radius 1 is 1.36 bits per heavy atom. The first kappa shape index (κ1) is 26.2. The first-order chi connectivity index (χ1) is 17.3. The Labute approximate surface area is 214 Å². The second kappa shape index (κ2) is 11.1. The van der Waals surface area contributed by atoms with E-state index in [1.807, 2.05) is 30.5 Å². The van der Waals surface area contributed by atoms with Gasteiger partial charge in [0.2, 0.25) is 0 Å². The maximum atomic E-state index is 13.4. The molecule has 4 rings (SSSR count). The van der Waals surface area contributed by atoms with Gasteiger partial charge in [-0.1, -0.05) is 6.92 Å². The van der Waals surface area contributed by atoms with E-state index in [9.17, 15) is 14.1 Å². The zero-order valence-electron chi connectivity index (χ0n) is 21.6. The fourth-order valence-corrected chi connectivity index (χ4v) is 6.31. The van der Waals surface area contributed by atoms with Crippen LogP contribution in [0.15, 0.2) is 29.2 Å². The third-order valence-corrected chi connectivity index (χ3v) is 8.70. The van der Waals surface area contributed by atoms with Crippen molar-refractivity contribution in [2.45, 2.75) is 53.0 Å². The monoisotopic (exact) mass is 513 g/mol. The van der Waals surface area contributed by atoms with E-state index in [1.54, 1.807) is 19.2 Å². The Morgan fingerprint density at radius 3 is 2.75 bits per heavy atom. The number of rotatable bonds is 8. The van der Waals surface area contributed by atoms with Crippen molar-refractivity contribution in [2.24, 2.45) is 5.92 Å². The lowest BCUT2D eigenvalue weighted by Gasteiger charge is -2.34. The fraction of sp³-hybridized carbons (Fsp3) is 0.500. The maximum absolute atomic E-state index is 13.4. The lowest BCUT2D eigenvalue weighted by atomic mass is 9.83. The van der Waals surface area contributed by atoms with E-state index in [4.69, 9.17) is 4.74 Å². The van der Waals surface area contributed by atoms with Gasteiger partial charge in [-0.15, -0.1) is 4.31 Å². The number of aryl methyl sites for hydroxylation is 1. The first-order valence-electron chi connectivity index (χ1n) is 12.4. The maximum Gasteiger partial charge on any atom is 0.256 e.